The summed E-state index contributed by atoms with van der Waals surface area (Å²) in [5.41, 5.74) is 0. The molecule has 88 valence electrons. The monoisotopic (exact) mass is 227 g/mol. The summed E-state index contributed by atoms with van der Waals surface area (Å²) < 4.78 is 5.33. The Kier molecular flexibility index (Phi) is 4.19. The van der Waals surface area contributed by atoms with Crippen molar-refractivity contribution < 1.29 is 0 Å². The van der Waals surface area contributed by atoms with Crippen molar-refractivity contribution in [3.63, 3.8) is 0 Å². The maximum atomic E-state index is 3.65. The van der Waals surface area contributed by atoms with E-state index < -0.39 is 0 Å². The first-order chi connectivity index (χ1) is 7.33. The molecule has 4 heteroatoms. The van der Waals surface area contributed by atoms with Crippen LogP contribution in [0.5, 0.6) is 0 Å². The van der Waals surface area contributed by atoms with E-state index in [0.29, 0.717) is 6.29 Å². The molecule has 0 aromatic heterocycles. The van der Waals surface area contributed by atoms with Crippen LogP contribution in [0.25, 0.3) is 0 Å². The van der Waals surface area contributed by atoms with Gasteiger partial charge in [-0.05, 0) is 32.9 Å². The fraction of sp³-hybridized carbons (Fsp3) is 1.00. The van der Waals surface area contributed by atoms with Gasteiger partial charge in [-0.25, -0.2) is 0 Å². The molecule has 0 amide bonds. The van der Waals surface area contributed by atoms with Gasteiger partial charge in [0, 0.05) is 6.04 Å². The summed E-state index contributed by atoms with van der Waals surface area (Å²) in [6.45, 7) is 3.40. The third-order valence-corrected chi connectivity index (χ3v) is 5.72. The summed E-state index contributed by atoms with van der Waals surface area (Å²) in [4.78, 5) is 0. The highest BCUT2D eigenvalue weighted by Crippen LogP contribution is 2.27. The quantitative estimate of drug-likeness (QED) is 0.718. The predicted octanol–water partition coefficient (Wildman–Crippen LogP) is 0.848. The molecule has 0 aromatic rings. The zero-order valence-electron chi connectivity index (χ0n) is 10.2. The first-order valence-electron chi connectivity index (χ1n) is 6.52. The molecule has 1 saturated heterocycles. The van der Waals surface area contributed by atoms with E-state index in [1.54, 1.807) is 0 Å². The molecule has 1 atom stereocenters. The van der Waals surface area contributed by atoms with Crippen molar-refractivity contribution in [1.82, 2.24) is 14.4 Å². The average Bonchev–Trinajstić information content (AvgIpc) is 2.27. The minimum Gasteiger partial charge on any atom is -0.292 e. The summed E-state index contributed by atoms with van der Waals surface area (Å²) in [6.07, 6.45) is 9.11. The highest BCUT2D eigenvalue weighted by Gasteiger charge is 2.38. The Morgan fingerprint density at radius 3 is 2.60 bits per heavy atom. The molecule has 2 fully saturated rings. The Bertz CT molecular complexity index is 194. The molecule has 1 N–H and O–H groups in total. The van der Waals surface area contributed by atoms with Gasteiger partial charge in [-0.2, -0.15) is 0 Å². The van der Waals surface area contributed by atoms with E-state index in [0.717, 1.165) is 12.6 Å². The van der Waals surface area contributed by atoms with Crippen LogP contribution in [0.2, 0.25) is 0 Å². The second-order valence-electron chi connectivity index (χ2n) is 5.03. The van der Waals surface area contributed by atoms with Gasteiger partial charge < -0.3 is 0 Å². The Balaban J connectivity index is 1.80. The van der Waals surface area contributed by atoms with Crippen LogP contribution in [0.1, 0.15) is 45.4 Å². The second kappa shape index (κ2) is 5.43. The van der Waals surface area contributed by atoms with Crippen LogP contribution in [0.3, 0.4) is 0 Å². The smallest absolute Gasteiger partial charge is 0.177 e. The zero-order chi connectivity index (χ0) is 10.7. The summed E-state index contributed by atoms with van der Waals surface area (Å²) in [6, 6.07) is 0.913. The van der Waals surface area contributed by atoms with Crippen LogP contribution in [-0.2, 0) is 0 Å². The van der Waals surface area contributed by atoms with Crippen molar-refractivity contribution in [2.45, 2.75) is 57.8 Å². The van der Waals surface area contributed by atoms with Crippen molar-refractivity contribution in [2.24, 2.45) is 0 Å². The Morgan fingerprint density at radius 2 is 2.00 bits per heavy atom. The van der Waals surface area contributed by atoms with Crippen LogP contribution in [0, 0.1) is 0 Å². The normalized spacial score (nSPS) is 32.0. The lowest BCUT2D eigenvalue weighted by atomic mass is 9.95. The molecule has 2 aliphatic rings. The van der Waals surface area contributed by atoms with E-state index >= 15 is 0 Å². The van der Waals surface area contributed by atoms with Gasteiger partial charge in [0.15, 0.2) is 9.84 Å². The molecule has 1 unspecified atom stereocenters. The van der Waals surface area contributed by atoms with Gasteiger partial charge in [-0.1, -0.05) is 26.2 Å². The van der Waals surface area contributed by atoms with E-state index in [1.807, 2.05) is 0 Å². The molecule has 2 rings (SSSR count). The van der Waals surface area contributed by atoms with Crippen LogP contribution in [0.15, 0.2) is 0 Å². The van der Waals surface area contributed by atoms with E-state index in [1.165, 1.54) is 38.5 Å². The molecule has 0 bridgehead atoms. The van der Waals surface area contributed by atoms with Crippen LogP contribution in [0.4, 0.5) is 0 Å². The average molecular weight is 227 g/mol. The molecular weight excluding hydrogens is 202 g/mol. The van der Waals surface area contributed by atoms with Crippen molar-refractivity contribution in [3.05, 3.63) is 0 Å². The minimum atomic E-state index is -0.0728. The number of nitrogens with zero attached hydrogens (tertiary/aromatic N) is 2. The van der Waals surface area contributed by atoms with Crippen molar-refractivity contribution in [3.8, 4) is 0 Å². The van der Waals surface area contributed by atoms with Crippen molar-refractivity contribution >= 4 is 9.84 Å². The van der Waals surface area contributed by atoms with E-state index in [4.69, 9.17) is 0 Å². The van der Waals surface area contributed by atoms with Gasteiger partial charge in [-0.3, -0.25) is 14.4 Å². The molecule has 15 heavy (non-hydrogen) atoms. The summed E-state index contributed by atoms with van der Waals surface area (Å²) in [5, 5.41) is 3.65. The second-order valence-corrected chi connectivity index (χ2v) is 7.04. The SMILES string of the molecule is CCCNC1N(C)[SiH2]N1C1CCCCC1. The predicted molar refractivity (Wildman–Crippen MR) is 67.1 cm³/mol. The van der Waals surface area contributed by atoms with Gasteiger partial charge >= 0.3 is 0 Å². The standard InChI is InChI=1S/C11H25N3Si/c1-3-9-12-11-13(2)15-14(11)10-7-5-4-6-8-10/h10-12H,3-9,15H2,1-2H3. The maximum absolute atomic E-state index is 3.65. The largest absolute Gasteiger partial charge is 0.292 e. The van der Waals surface area contributed by atoms with Crippen LogP contribution in [-0.4, -0.2) is 44.9 Å². The molecule has 1 aliphatic heterocycles. The Labute approximate surface area is 96.2 Å². The lowest BCUT2D eigenvalue weighted by molar-refractivity contribution is 0.0365. The van der Waals surface area contributed by atoms with E-state index in [9.17, 15) is 0 Å². The molecule has 1 heterocycles. The highest BCUT2D eigenvalue weighted by molar-refractivity contribution is 6.32. The molecule has 3 nitrogen and oxygen atoms in total. The summed E-state index contributed by atoms with van der Waals surface area (Å²) >= 11 is 0. The van der Waals surface area contributed by atoms with Gasteiger partial charge in [0.2, 0.25) is 0 Å². The summed E-state index contributed by atoms with van der Waals surface area (Å²) in [7, 11) is 2.20. The van der Waals surface area contributed by atoms with Gasteiger partial charge in [0.25, 0.3) is 0 Å². The Morgan fingerprint density at radius 1 is 1.27 bits per heavy atom. The van der Waals surface area contributed by atoms with Gasteiger partial charge in [0.1, 0.15) is 6.29 Å². The highest BCUT2D eigenvalue weighted by atomic mass is 28.2. The minimum absolute atomic E-state index is 0.0728. The molecule has 0 spiro atoms. The number of hydrogen-bond donors (Lipinski definition) is 1. The number of rotatable bonds is 4. The fourth-order valence-electron chi connectivity index (χ4n) is 2.84. The van der Waals surface area contributed by atoms with Crippen LogP contribution < -0.4 is 5.32 Å². The first-order valence-corrected chi connectivity index (χ1v) is 7.79. The van der Waals surface area contributed by atoms with Gasteiger partial charge in [0.05, 0.1) is 0 Å². The topological polar surface area (TPSA) is 18.5 Å². The van der Waals surface area contributed by atoms with Crippen LogP contribution >= 0.6 is 0 Å². The molecular formula is C11H25N3Si. The van der Waals surface area contributed by atoms with E-state index in [-0.39, 0.29) is 9.84 Å². The first kappa shape index (κ1) is 11.6. The zero-order valence-corrected chi connectivity index (χ0v) is 11.6. The fourth-order valence-corrected chi connectivity index (χ4v) is 4.70. The van der Waals surface area contributed by atoms with Crippen molar-refractivity contribution in [2.75, 3.05) is 13.6 Å². The lowest BCUT2D eigenvalue weighted by Crippen LogP contribution is -2.73. The van der Waals surface area contributed by atoms with E-state index in [2.05, 4.69) is 28.4 Å². The van der Waals surface area contributed by atoms with Gasteiger partial charge in [-0.15, -0.1) is 0 Å². The molecule has 1 saturated carbocycles. The lowest BCUT2D eigenvalue weighted by Gasteiger charge is -2.53. The molecule has 0 aromatic carbocycles. The third kappa shape index (κ3) is 2.61. The van der Waals surface area contributed by atoms with Crippen molar-refractivity contribution in [1.29, 1.82) is 0 Å². The Hall–Kier alpha value is 0.0969. The summed E-state index contributed by atoms with van der Waals surface area (Å²) in [5.74, 6) is 0. The third-order valence-electron chi connectivity index (χ3n) is 3.74. The maximum Gasteiger partial charge on any atom is 0.177 e. The molecule has 0 radical (unpaired) electrons. The molecule has 1 aliphatic carbocycles. The number of hydrogen-bond acceptors (Lipinski definition) is 3. The number of nitrogens with one attached hydrogen (secondary N) is 1.